The molecule has 0 bridgehead atoms. The molecule has 1 aliphatic heterocycles. The Kier molecular flexibility index (Phi) is 3.56. The van der Waals surface area contributed by atoms with Crippen LogP contribution in [0.3, 0.4) is 0 Å². The molecule has 3 fully saturated rings. The summed E-state index contributed by atoms with van der Waals surface area (Å²) in [6, 6.07) is 0. The lowest BCUT2D eigenvalue weighted by Crippen LogP contribution is -2.53. The summed E-state index contributed by atoms with van der Waals surface area (Å²) in [6.07, 6.45) is 9.09. The molecule has 0 aromatic rings. The van der Waals surface area contributed by atoms with Gasteiger partial charge < -0.3 is 14.9 Å². The van der Waals surface area contributed by atoms with Crippen LogP contribution in [0.15, 0.2) is 25.3 Å². The molecule has 3 rings (SSSR count). The van der Waals surface area contributed by atoms with Crippen LogP contribution in [-0.2, 0) is 4.74 Å². The highest BCUT2D eigenvalue weighted by Crippen LogP contribution is 2.62. The molecule has 1 spiro atoms. The Labute approximate surface area is 121 Å². The molecule has 0 amide bonds. The van der Waals surface area contributed by atoms with Crippen molar-refractivity contribution in [1.29, 1.82) is 0 Å². The molecule has 2 aliphatic carbocycles. The molecule has 1 unspecified atom stereocenters. The van der Waals surface area contributed by atoms with Crippen molar-refractivity contribution < 1.29 is 14.9 Å². The van der Waals surface area contributed by atoms with Gasteiger partial charge in [0, 0.05) is 6.42 Å². The summed E-state index contributed by atoms with van der Waals surface area (Å²) in [5.41, 5.74) is -1.16. The molecular formula is C17H26O3. The summed E-state index contributed by atoms with van der Waals surface area (Å²) >= 11 is 0. The van der Waals surface area contributed by atoms with Gasteiger partial charge in [0.05, 0.1) is 17.8 Å². The first kappa shape index (κ1) is 14.3. The average Bonchev–Trinajstić information content (AvgIpc) is 2.77. The Bertz CT molecular complexity index is 407. The zero-order valence-electron chi connectivity index (χ0n) is 12.1. The Morgan fingerprint density at radius 3 is 2.65 bits per heavy atom. The summed E-state index contributed by atoms with van der Waals surface area (Å²) in [5.74, 6) is 0.640. The highest BCUT2D eigenvalue weighted by Gasteiger charge is 2.69. The molecule has 3 nitrogen and oxygen atoms in total. The van der Waals surface area contributed by atoms with Crippen LogP contribution in [-0.4, -0.2) is 33.6 Å². The van der Waals surface area contributed by atoms with Gasteiger partial charge in [-0.15, -0.1) is 13.2 Å². The van der Waals surface area contributed by atoms with Crippen molar-refractivity contribution >= 4 is 0 Å². The second-order valence-corrected chi connectivity index (χ2v) is 6.91. The van der Waals surface area contributed by atoms with Crippen molar-refractivity contribution in [2.45, 2.75) is 68.4 Å². The SMILES string of the molecule is C=CC[C@@H]1CC2(O)C[C@@H](CC=C)[C@H]3C[C@@H](O)CC[C@@]32O1. The minimum absolute atomic E-state index is 0.0833. The lowest BCUT2D eigenvalue weighted by atomic mass is 9.69. The van der Waals surface area contributed by atoms with Crippen molar-refractivity contribution in [2.75, 3.05) is 0 Å². The lowest BCUT2D eigenvalue weighted by Gasteiger charge is -2.45. The van der Waals surface area contributed by atoms with Crippen LogP contribution in [0.2, 0.25) is 0 Å². The molecule has 3 heteroatoms. The van der Waals surface area contributed by atoms with Crippen LogP contribution >= 0.6 is 0 Å². The zero-order chi connectivity index (χ0) is 14.4. The van der Waals surface area contributed by atoms with E-state index in [0.29, 0.717) is 12.3 Å². The summed E-state index contributed by atoms with van der Waals surface area (Å²) in [5, 5.41) is 21.3. The summed E-state index contributed by atoms with van der Waals surface area (Å²) in [7, 11) is 0. The normalized spacial score (nSPS) is 50.5. The van der Waals surface area contributed by atoms with E-state index in [1.54, 1.807) is 0 Å². The number of ether oxygens (including phenoxy) is 1. The first-order valence-electron chi connectivity index (χ1n) is 7.85. The van der Waals surface area contributed by atoms with Crippen molar-refractivity contribution in [3.05, 3.63) is 25.3 Å². The molecule has 0 radical (unpaired) electrons. The van der Waals surface area contributed by atoms with Crippen molar-refractivity contribution in [2.24, 2.45) is 11.8 Å². The molecule has 2 N–H and O–H groups in total. The maximum absolute atomic E-state index is 11.2. The third-order valence-electron chi connectivity index (χ3n) is 5.77. The average molecular weight is 278 g/mol. The number of hydrogen-bond acceptors (Lipinski definition) is 3. The standard InChI is InChI=1S/C17H26O3/c1-3-5-12-10-16(19)11-14(6-4-2)20-17(16)8-7-13(18)9-15(12)17/h3-4,12-15,18-19H,1-2,5-11H2/t12-,13+,14-,15-,16?,17-/m1/s1. The van der Waals surface area contributed by atoms with Gasteiger partial charge in [-0.25, -0.2) is 0 Å². The van der Waals surface area contributed by atoms with Gasteiger partial charge >= 0.3 is 0 Å². The minimum atomic E-state index is -0.723. The van der Waals surface area contributed by atoms with Gasteiger partial charge in [0.25, 0.3) is 0 Å². The van der Waals surface area contributed by atoms with Crippen LogP contribution < -0.4 is 0 Å². The predicted octanol–water partition coefficient (Wildman–Crippen LogP) is 2.58. The fourth-order valence-corrected chi connectivity index (χ4v) is 5.07. The molecule has 3 aliphatic rings. The maximum atomic E-state index is 11.2. The Balaban J connectivity index is 1.91. The van der Waals surface area contributed by atoms with E-state index in [1.165, 1.54) is 0 Å². The lowest BCUT2D eigenvalue weighted by molar-refractivity contribution is -0.166. The minimum Gasteiger partial charge on any atom is -0.393 e. The molecule has 0 aromatic heterocycles. The Hall–Kier alpha value is -0.640. The first-order chi connectivity index (χ1) is 9.54. The van der Waals surface area contributed by atoms with Crippen LogP contribution in [0.5, 0.6) is 0 Å². The fraction of sp³-hybridized carbons (Fsp3) is 0.765. The highest BCUT2D eigenvalue weighted by molar-refractivity contribution is 5.20. The quantitative estimate of drug-likeness (QED) is 0.777. The van der Waals surface area contributed by atoms with Gasteiger partial charge in [-0.3, -0.25) is 0 Å². The van der Waals surface area contributed by atoms with E-state index in [1.807, 2.05) is 12.2 Å². The number of aliphatic hydroxyl groups is 2. The third kappa shape index (κ3) is 1.91. The van der Waals surface area contributed by atoms with Gasteiger partial charge in [-0.1, -0.05) is 12.2 Å². The monoisotopic (exact) mass is 278 g/mol. The van der Waals surface area contributed by atoms with Gasteiger partial charge in [0.15, 0.2) is 0 Å². The summed E-state index contributed by atoms with van der Waals surface area (Å²) in [6.45, 7) is 7.63. The third-order valence-corrected chi connectivity index (χ3v) is 5.77. The molecule has 112 valence electrons. The van der Waals surface area contributed by atoms with Crippen LogP contribution in [0, 0.1) is 11.8 Å². The molecule has 0 aromatic carbocycles. The second-order valence-electron chi connectivity index (χ2n) is 6.91. The van der Waals surface area contributed by atoms with E-state index >= 15 is 0 Å². The van der Waals surface area contributed by atoms with E-state index < -0.39 is 11.2 Å². The van der Waals surface area contributed by atoms with Gasteiger partial charge in [0.2, 0.25) is 0 Å². The summed E-state index contributed by atoms with van der Waals surface area (Å²) in [4.78, 5) is 0. The molecule has 1 heterocycles. The van der Waals surface area contributed by atoms with Gasteiger partial charge in [-0.05, 0) is 50.4 Å². The first-order valence-corrected chi connectivity index (χ1v) is 7.85. The zero-order valence-corrected chi connectivity index (χ0v) is 12.1. The molecular weight excluding hydrogens is 252 g/mol. The van der Waals surface area contributed by atoms with E-state index in [-0.39, 0.29) is 18.1 Å². The number of allylic oxidation sites excluding steroid dienone is 1. The van der Waals surface area contributed by atoms with Crippen molar-refractivity contribution in [3.63, 3.8) is 0 Å². The number of aliphatic hydroxyl groups excluding tert-OH is 1. The van der Waals surface area contributed by atoms with E-state index in [0.717, 1.165) is 38.5 Å². The van der Waals surface area contributed by atoms with Crippen LogP contribution in [0.1, 0.15) is 44.9 Å². The van der Waals surface area contributed by atoms with Crippen molar-refractivity contribution in [3.8, 4) is 0 Å². The van der Waals surface area contributed by atoms with E-state index in [2.05, 4.69) is 13.2 Å². The van der Waals surface area contributed by atoms with E-state index in [9.17, 15) is 10.2 Å². The second kappa shape index (κ2) is 4.97. The van der Waals surface area contributed by atoms with Crippen molar-refractivity contribution in [1.82, 2.24) is 0 Å². The summed E-state index contributed by atoms with van der Waals surface area (Å²) < 4.78 is 6.38. The Morgan fingerprint density at radius 1 is 1.20 bits per heavy atom. The fourth-order valence-electron chi connectivity index (χ4n) is 5.07. The largest absolute Gasteiger partial charge is 0.393 e. The Morgan fingerprint density at radius 2 is 1.95 bits per heavy atom. The molecule has 6 atom stereocenters. The smallest absolute Gasteiger partial charge is 0.101 e. The van der Waals surface area contributed by atoms with Gasteiger partial charge in [-0.2, -0.15) is 0 Å². The van der Waals surface area contributed by atoms with E-state index in [4.69, 9.17) is 4.74 Å². The van der Waals surface area contributed by atoms with Gasteiger partial charge in [0.1, 0.15) is 5.60 Å². The number of rotatable bonds is 4. The van der Waals surface area contributed by atoms with Crippen LogP contribution in [0.25, 0.3) is 0 Å². The van der Waals surface area contributed by atoms with Crippen LogP contribution in [0.4, 0.5) is 0 Å². The predicted molar refractivity (Wildman–Crippen MR) is 78.3 cm³/mol. The number of hydrogen-bond donors (Lipinski definition) is 2. The maximum Gasteiger partial charge on any atom is 0.101 e. The molecule has 20 heavy (non-hydrogen) atoms. The highest BCUT2D eigenvalue weighted by atomic mass is 16.5. The molecule has 2 saturated carbocycles. The molecule has 1 saturated heterocycles. The topological polar surface area (TPSA) is 49.7 Å².